The Morgan fingerprint density at radius 2 is 2.16 bits per heavy atom. The predicted molar refractivity (Wildman–Crippen MR) is 68.9 cm³/mol. The van der Waals surface area contributed by atoms with E-state index in [4.69, 9.17) is 5.14 Å². The molecule has 7 nitrogen and oxygen atoms in total. The molecular weight excluding hydrogens is 268 g/mol. The molecule has 0 aliphatic heterocycles. The summed E-state index contributed by atoms with van der Waals surface area (Å²) in [5, 5.41) is 11.4. The van der Waals surface area contributed by atoms with Gasteiger partial charge in [0.2, 0.25) is 10.0 Å². The molecule has 0 radical (unpaired) electrons. The minimum atomic E-state index is -3.96. The topological polar surface area (TPSA) is 109 Å². The zero-order valence-electron chi connectivity index (χ0n) is 11.2. The van der Waals surface area contributed by atoms with Gasteiger partial charge in [-0.3, -0.25) is 9.89 Å². The zero-order valence-corrected chi connectivity index (χ0v) is 12.0. The van der Waals surface area contributed by atoms with E-state index in [1.54, 1.807) is 7.05 Å². The van der Waals surface area contributed by atoms with Crippen LogP contribution in [0.15, 0.2) is 4.90 Å². The third-order valence-corrected chi connectivity index (χ3v) is 4.58. The number of nitrogens with zero attached hydrogens (tertiary/aromatic N) is 2. The Hall–Kier alpha value is -1.41. The first-order valence-corrected chi connectivity index (χ1v) is 7.59. The molecule has 2 atom stereocenters. The summed E-state index contributed by atoms with van der Waals surface area (Å²) in [5.74, 6) is 0.688. The van der Waals surface area contributed by atoms with E-state index < -0.39 is 15.9 Å². The van der Waals surface area contributed by atoms with Crippen molar-refractivity contribution in [3.8, 4) is 0 Å². The summed E-state index contributed by atoms with van der Waals surface area (Å²) in [6.07, 6.45) is 1.10. The summed E-state index contributed by atoms with van der Waals surface area (Å²) in [5.41, 5.74) is 0.148. The number of amides is 1. The second-order valence-corrected chi connectivity index (χ2v) is 6.73. The van der Waals surface area contributed by atoms with Crippen molar-refractivity contribution >= 4 is 15.9 Å². The highest BCUT2D eigenvalue weighted by molar-refractivity contribution is 7.89. The predicted octanol–water partition coefficient (Wildman–Crippen LogP) is 0.0935. The fourth-order valence-corrected chi connectivity index (χ4v) is 3.06. The number of hydrogen-bond donors (Lipinski definition) is 2. The Kier molecular flexibility index (Phi) is 3.40. The van der Waals surface area contributed by atoms with E-state index in [2.05, 4.69) is 17.1 Å². The van der Waals surface area contributed by atoms with Gasteiger partial charge in [-0.05, 0) is 25.2 Å². The SMILES string of the molecule is Cc1[nH]nc(C(=O)N(C)CC2CC2C)c1S(N)(=O)=O. The third-order valence-electron chi connectivity index (χ3n) is 3.51. The molecule has 0 bridgehead atoms. The normalized spacial score (nSPS) is 22.3. The van der Waals surface area contributed by atoms with Crippen LogP contribution in [-0.2, 0) is 10.0 Å². The first-order valence-electron chi connectivity index (χ1n) is 6.05. The molecule has 0 saturated heterocycles. The number of carbonyl (C=O) groups excluding carboxylic acids is 1. The average molecular weight is 286 g/mol. The second-order valence-electron chi connectivity index (χ2n) is 5.23. The summed E-state index contributed by atoms with van der Waals surface area (Å²) in [6, 6.07) is 0. The lowest BCUT2D eigenvalue weighted by Gasteiger charge is -2.16. The monoisotopic (exact) mass is 286 g/mol. The number of primary sulfonamides is 1. The first-order chi connectivity index (χ1) is 8.71. The molecule has 2 unspecified atom stereocenters. The van der Waals surface area contributed by atoms with Crippen molar-refractivity contribution in [1.82, 2.24) is 15.1 Å². The molecule has 1 heterocycles. The molecule has 1 aliphatic carbocycles. The van der Waals surface area contributed by atoms with Crippen LogP contribution < -0.4 is 5.14 Å². The number of nitrogens with two attached hydrogens (primary N) is 1. The van der Waals surface area contributed by atoms with Crippen LogP contribution in [0.2, 0.25) is 0 Å². The van der Waals surface area contributed by atoms with Crippen molar-refractivity contribution in [2.45, 2.75) is 25.2 Å². The molecule has 1 fully saturated rings. The van der Waals surface area contributed by atoms with Crippen LogP contribution in [0.3, 0.4) is 0 Å². The molecule has 2 rings (SSSR count). The van der Waals surface area contributed by atoms with Crippen molar-refractivity contribution in [2.24, 2.45) is 17.0 Å². The van der Waals surface area contributed by atoms with Crippen LogP contribution in [-0.4, -0.2) is 43.0 Å². The van der Waals surface area contributed by atoms with Crippen LogP contribution >= 0.6 is 0 Å². The van der Waals surface area contributed by atoms with Gasteiger partial charge in [0, 0.05) is 13.6 Å². The minimum Gasteiger partial charge on any atom is -0.340 e. The highest BCUT2D eigenvalue weighted by Gasteiger charge is 2.35. The summed E-state index contributed by atoms with van der Waals surface area (Å²) in [4.78, 5) is 13.5. The summed E-state index contributed by atoms with van der Waals surface area (Å²) < 4.78 is 23.0. The minimum absolute atomic E-state index is 0.129. The van der Waals surface area contributed by atoms with Crippen molar-refractivity contribution in [1.29, 1.82) is 0 Å². The van der Waals surface area contributed by atoms with E-state index in [0.29, 0.717) is 18.4 Å². The number of nitrogens with one attached hydrogen (secondary N) is 1. The fraction of sp³-hybridized carbons (Fsp3) is 0.636. The van der Waals surface area contributed by atoms with Crippen molar-refractivity contribution in [3.63, 3.8) is 0 Å². The number of aromatic amines is 1. The standard InChI is InChI=1S/C11H18N4O3S/c1-6-4-8(6)5-15(3)11(16)9-10(19(12,17)18)7(2)13-14-9/h6,8H,4-5H2,1-3H3,(H,13,14)(H2,12,17,18). The molecule has 0 aromatic carbocycles. The van der Waals surface area contributed by atoms with Crippen molar-refractivity contribution in [2.75, 3.05) is 13.6 Å². The molecule has 1 aromatic rings. The summed E-state index contributed by atoms with van der Waals surface area (Å²) in [6.45, 7) is 4.25. The first kappa shape index (κ1) is 14.0. The van der Waals surface area contributed by atoms with Crippen LogP contribution in [0, 0.1) is 18.8 Å². The number of sulfonamides is 1. The van der Waals surface area contributed by atoms with Crippen LogP contribution in [0.4, 0.5) is 0 Å². The molecule has 3 N–H and O–H groups in total. The maximum absolute atomic E-state index is 12.2. The lowest BCUT2D eigenvalue weighted by Crippen LogP contribution is -2.31. The molecule has 1 aromatic heterocycles. The van der Waals surface area contributed by atoms with Gasteiger partial charge < -0.3 is 4.90 Å². The van der Waals surface area contributed by atoms with Crippen LogP contribution in [0.25, 0.3) is 0 Å². The van der Waals surface area contributed by atoms with Crippen molar-refractivity contribution < 1.29 is 13.2 Å². The average Bonchev–Trinajstić information content (AvgIpc) is 2.82. The molecular formula is C11H18N4O3S. The number of rotatable bonds is 4. The van der Waals surface area contributed by atoms with Gasteiger partial charge >= 0.3 is 0 Å². The van der Waals surface area contributed by atoms with Gasteiger partial charge in [0.1, 0.15) is 4.90 Å². The fourth-order valence-electron chi connectivity index (χ4n) is 2.18. The smallest absolute Gasteiger partial charge is 0.275 e. The van der Waals surface area contributed by atoms with Gasteiger partial charge in [0.25, 0.3) is 5.91 Å². The van der Waals surface area contributed by atoms with Gasteiger partial charge in [-0.1, -0.05) is 6.92 Å². The highest BCUT2D eigenvalue weighted by atomic mass is 32.2. The molecule has 8 heteroatoms. The maximum Gasteiger partial charge on any atom is 0.275 e. The largest absolute Gasteiger partial charge is 0.340 e. The van der Waals surface area contributed by atoms with Crippen LogP contribution in [0.1, 0.15) is 29.5 Å². The molecule has 1 amide bonds. The Morgan fingerprint density at radius 3 is 2.63 bits per heavy atom. The van der Waals surface area contributed by atoms with Crippen molar-refractivity contribution in [3.05, 3.63) is 11.4 Å². The maximum atomic E-state index is 12.2. The van der Waals surface area contributed by atoms with Gasteiger partial charge in [0.15, 0.2) is 5.69 Å². The van der Waals surface area contributed by atoms with Gasteiger partial charge in [0.05, 0.1) is 5.69 Å². The van der Waals surface area contributed by atoms with E-state index >= 15 is 0 Å². The lowest BCUT2D eigenvalue weighted by molar-refractivity contribution is 0.0777. The van der Waals surface area contributed by atoms with Crippen LogP contribution in [0.5, 0.6) is 0 Å². The lowest BCUT2D eigenvalue weighted by atomic mass is 10.3. The van der Waals surface area contributed by atoms with E-state index in [0.717, 1.165) is 6.42 Å². The molecule has 1 saturated carbocycles. The Balaban J connectivity index is 2.24. The quantitative estimate of drug-likeness (QED) is 0.817. The molecule has 0 spiro atoms. The summed E-state index contributed by atoms with van der Waals surface area (Å²) >= 11 is 0. The molecule has 19 heavy (non-hydrogen) atoms. The molecule has 106 valence electrons. The highest BCUT2D eigenvalue weighted by Crippen LogP contribution is 2.38. The number of aryl methyl sites for hydroxylation is 1. The van der Waals surface area contributed by atoms with Gasteiger partial charge in [-0.25, -0.2) is 13.6 Å². The zero-order chi connectivity index (χ0) is 14.4. The Labute approximate surface area is 112 Å². The van der Waals surface area contributed by atoms with E-state index in [1.165, 1.54) is 11.8 Å². The third kappa shape index (κ3) is 2.79. The van der Waals surface area contributed by atoms with E-state index in [-0.39, 0.29) is 16.3 Å². The number of H-pyrrole nitrogens is 1. The number of carbonyl (C=O) groups is 1. The van der Waals surface area contributed by atoms with Gasteiger partial charge in [-0.15, -0.1) is 0 Å². The number of aromatic nitrogens is 2. The number of hydrogen-bond acceptors (Lipinski definition) is 4. The van der Waals surface area contributed by atoms with E-state index in [1.807, 2.05) is 0 Å². The Bertz CT molecular complexity index is 607. The summed E-state index contributed by atoms with van der Waals surface area (Å²) in [7, 11) is -2.32. The second kappa shape index (κ2) is 4.61. The van der Waals surface area contributed by atoms with Gasteiger partial charge in [-0.2, -0.15) is 5.10 Å². The van der Waals surface area contributed by atoms with E-state index in [9.17, 15) is 13.2 Å². The Morgan fingerprint density at radius 1 is 1.58 bits per heavy atom. The molecule has 1 aliphatic rings.